The summed E-state index contributed by atoms with van der Waals surface area (Å²) < 4.78 is 33.2. The van der Waals surface area contributed by atoms with Crippen LogP contribution in [0.3, 0.4) is 0 Å². The van der Waals surface area contributed by atoms with Crippen LogP contribution in [0.15, 0.2) is 64.6 Å². The second-order valence-corrected chi connectivity index (χ2v) is 9.12. The van der Waals surface area contributed by atoms with E-state index in [2.05, 4.69) is 25.5 Å². The van der Waals surface area contributed by atoms with Crippen LogP contribution in [0.4, 0.5) is 0 Å². The first-order valence-electron chi connectivity index (χ1n) is 9.97. The van der Waals surface area contributed by atoms with Crippen molar-refractivity contribution in [2.45, 2.75) is 12.3 Å². The largest absolute Gasteiger partial charge is 0.364 e. The van der Waals surface area contributed by atoms with Gasteiger partial charge in [0.15, 0.2) is 5.96 Å². The second kappa shape index (κ2) is 9.31. The van der Waals surface area contributed by atoms with E-state index in [0.717, 1.165) is 17.2 Å². The first kappa shape index (κ1) is 21.1. The Labute approximate surface area is 181 Å². The van der Waals surface area contributed by atoms with Crippen LogP contribution in [0, 0.1) is 0 Å². The summed E-state index contributed by atoms with van der Waals surface area (Å²) in [6.45, 7) is 2.56. The van der Waals surface area contributed by atoms with E-state index >= 15 is 0 Å². The molecule has 3 heterocycles. The molecule has 10 nitrogen and oxygen atoms in total. The fourth-order valence-electron chi connectivity index (χ4n) is 3.47. The predicted octanol–water partition coefficient (Wildman–Crippen LogP) is 1.08. The average Bonchev–Trinajstić information content (AvgIpc) is 3.49. The Bertz CT molecular complexity index is 1090. The molecule has 1 N–H and O–H groups in total. The van der Waals surface area contributed by atoms with Gasteiger partial charge in [0.2, 0.25) is 10.0 Å². The molecule has 31 heavy (non-hydrogen) atoms. The molecule has 1 aliphatic heterocycles. The van der Waals surface area contributed by atoms with Gasteiger partial charge in [0.05, 0.1) is 11.4 Å². The van der Waals surface area contributed by atoms with Gasteiger partial charge in [-0.1, -0.05) is 17.3 Å². The monoisotopic (exact) mass is 443 g/mol. The summed E-state index contributed by atoms with van der Waals surface area (Å²) in [6.07, 6.45) is 5.03. The lowest BCUT2D eigenvalue weighted by Crippen LogP contribution is -2.53. The van der Waals surface area contributed by atoms with Gasteiger partial charge in [-0.05, 0) is 23.8 Å². The van der Waals surface area contributed by atoms with Gasteiger partial charge in [-0.15, -0.1) is 0 Å². The molecule has 0 unspecified atom stereocenters. The number of nitrogens with one attached hydrogen (secondary N) is 1. The molecule has 0 radical (unpaired) electrons. The van der Waals surface area contributed by atoms with Gasteiger partial charge in [-0.2, -0.15) is 9.40 Å². The zero-order valence-electron chi connectivity index (χ0n) is 17.3. The topological polar surface area (TPSA) is 109 Å². The number of rotatable bonds is 6. The first-order chi connectivity index (χ1) is 15.0. The van der Waals surface area contributed by atoms with Gasteiger partial charge >= 0.3 is 0 Å². The summed E-state index contributed by atoms with van der Waals surface area (Å²) in [4.78, 5) is 6.43. The van der Waals surface area contributed by atoms with Crippen LogP contribution >= 0.6 is 0 Å². The normalized spacial score (nSPS) is 15.9. The Morgan fingerprint density at radius 2 is 1.94 bits per heavy atom. The van der Waals surface area contributed by atoms with Crippen LogP contribution in [-0.4, -0.2) is 71.7 Å². The third kappa shape index (κ3) is 5.12. The minimum Gasteiger partial charge on any atom is -0.364 e. The maximum absolute atomic E-state index is 12.6. The number of aliphatic imine (C=N–C) groups is 1. The van der Waals surface area contributed by atoms with Gasteiger partial charge in [0.25, 0.3) is 0 Å². The summed E-state index contributed by atoms with van der Waals surface area (Å²) >= 11 is 0. The molecule has 11 heteroatoms. The standard InChI is InChI=1S/C20H25N7O3S/c1-21-20(22-15-17-3-5-19(6-4-17)27-9-2-8-23-27)25-10-12-26(13-11-25)31(28,29)16-18-7-14-30-24-18/h2-9,14H,10-13,15-16H2,1H3,(H,21,22). The number of hydrogen-bond acceptors (Lipinski definition) is 6. The molecule has 1 saturated heterocycles. The van der Waals surface area contributed by atoms with Crippen molar-refractivity contribution in [3.8, 4) is 5.69 Å². The third-order valence-corrected chi connectivity index (χ3v) is 6.93. The van der Waals surface area contributed by atoms with E-state index in [-0.39, 0.29) is 5.75 Å². The zero-order valence-corrected chi connectivity index (χ0v) is 18.1. The Morgan fingerprint density at radius 3 is 2.55 bits per heavy atom. The van der Waals surface area contributed by atoms with E-state index < -0.39 is 10.0 Å². The maximum Gasteiger partial charge on any atom is 0.220 e. The Kier molecular flexibility index (Phi) is 6.33. The first-order valence-corrected chi connectivity index (χ1v) is 11.6. The van der Waals surface area contributed by atoms with E-state index in [9.17, 15) is 8.42 Å². The fourth-order valence-corrected chi connectivity index (χ4v) is 4.89. The van der Waals surface area contributed by atoms with Crippen molar-refractivity contribution >= 4 is 16.0 Å². The molecule has 0 atom stereocenters. The second-order valence-electron chi connectivity index (χ2n) is 7.15. The maximum atomic E-state index is 12.6. The van der Waals surface area contributed by atoms with Crippen LogP contribution in [0.25, 0.3) is 5.69 Å². The van der Waals surface area contributed by atoms with Crippen molar-refractivity contribution in [1.29, 1.82) is 0 Å². The Hall–Kier alpha value is -3.18. The molecule has 0 amide bonds. The number of sulfonamides is 1. The van der Waals surface area contributed by atoms with Crippen molar-refractivity contribution in [2.24, 2.45) is 4.99 Å². The Morgan fingerprint density at radius 1 is 1.16 bits per heavy atom. The lowest BCUT2D eigenvalue weighted by atomic mass is 10.2. The molecule has 164 valence electrons. The van der Waals surface area contributed by atoms with Gasteiger partial charge < -0.3 is 14.7 Å². The molecule has 0 spiro atoms. The molecule has 0 saturated carbocycles. The smallest absolute Gasteiger partial charge is 0.220 e. The number of benzene rings is 1. The Balaban J connectivity index is 1.29. The molecule has 1 fully saturated rings. The highest BCUT2D eigenvalue weighted by Gasteiger charge is 2.28. The van der Waals surface area contributed by atoms with E-state index in [1.54, 1.807) is 19.3 Å². The van der Waals surface area contributed by atoms with Crippen LogP contribution in [0.5, 0.6) is 0 Å². The highest BCUT2D eigenvalue weighted by molar-refractivity contribution is 7.88. The van der Waals surface area contributed by atoms with Crippen LogP contribution < -0.4 is 5.32 Å². The predicted molar refractivity (Wildman–Crippen MR) is 116 cm³/mol. The number of piperazine rings is 1. The van der Waals surface area contributed by atoms with Crippen molar-refractivity contribution in [3.63, 3.8) is 0 Å². The highest BCUT2D eigenvalue weighted by Crippen LogP contribution is 2.13. The molecule has 3 aromatic rings. The van der Waals surface area contributed by atoms with Crippen LogP contribution in [0.2, 0.25) is 0 Å². The zero-order chi connectivity index (χ0) is 21.7. The summed E-state index contributed by atoms with van der Waals surface area (Å²) in [5, 5.41) is 11.3. The highest BCUT2D eigenvalue weighted by atomic mass is 32.2. The molecular formula is C20H25N7O3S. The van der Waals surface area contributed by atoms with Gasteiger partial charge in [0, 0.05) is 58.2 Å². The molecule has 2 aromatic heterocycles. The van der Waals surface area contributed by atoms with Crippen LogP contribution in [0.1, 0.15) is 11.3 Å². The molecule has 0 aliphatic carbocycles. The van der Waals surface area contributed by atoms with Crippen molar-refractivity contribution in [2.75, 3.05) is 33.2 Å². The lowest BCUT2D eigenvalue weighted by Gasteiger charge is -2.35. The minimum absolute atomic E-state index is 0.148. The van der Waals surface area contributed by atoms with Crippen LogP contribution in [-0.2, 0) is 22.3 Å². The quantitative estimate of drug-likeness (QED) is 0.449. The van der Waals surface area contributed by atoms with Crippen molar-refractivity contribution < 1.29 is 12.9 Å². The number of nitrogens with zero attached hydrogens (tertiary/aromatic N) is 6. The minimum atomic E-state index is -3.42. The van der Waals surface area contributed by atoms with Crippen molar-refractivity contribution in [3.05, 3.63) is 66.3 Å². The van der Waals surface area contributed by atoms with E-state index in [0.29, 0.717) is 38.4 Å². The number of hydrogen-bond donors (Lipinski definition) is 1. The van der Waals surface area contributed by atoms with E-state index in [1.807, 2.05) is 41.2 Å². The molecule has 0 bridgehead atoms. The summed E-state index contributed by atoms with van der Waals surface area (Å²) in [6, 6.07) is 11.6. The fraction of sp³-hybridized carbons (Fsp3) is 0.350. The lowest BCUT2D eigenvalue weighted by molar-refractivity contribution is 0.259. The molecule has 1 aliphatic rings. The van der Waals surface area contributed by atoms with Gasteiger partial charge in [0.1, 0.15) is 12.0 Å². The summed E-state index contributed by atoms with van der Waals surface area (Å²) in [5.74, 6) is 0.607. The SMILES string of the molecule is CN=C(NCc1ccc(-n2cccn2)cc1)N1CCN(S(=O)(=O)Cc2ccon2)CC1. The van der Waals surface area contributed by atoms with E-state index in [4.69, 9.17) is 4.52 Å². The van der Waals surface area contributed by atoms with Gasteiger partial charge in [-0.25, -0.2) is 13.1 Å². The summed E-state index contributed by atoms with van der Waals surface area (Å²) in [7, 11) is -1.69. The average molecular weight is 444 g/mol. The molecular weight excluding hydrogens is 418 g/mol. The summed E-state index contributed by atoms with van der Waals surface area (Å²) in [5.41, 5.74) is 2.53. The third-order valence-electron chi connectivity index (χ3n) is 5.12. The molecule has 4 rings (SSSR count). The van der Waals surface area contributed by atoms with Crippen molar-refractivity contribution in [1.82, 2.24) is 29.5 Å². The number of aromatic nitrogens is 3. The van der Waals surface area contributed by atoms with Gasteiger partial charge in [-0.3, -0.25) is 4.99 Å². The molecule has 1 aromatic carbocycles. The number of guanidine groups is 1. The van der Waals surface area contributed by atoms with E-state index in [1.165, 1.54) is 10.6 Å².